The molecule has 15 nitrogen and oxygen atoms in total. The Morgan fingerprint density at radius 1 is 0.850 bits per heavy atom. The number of carbonyl (C=O) groups excluding carboxylic acids is 5. The molecule has 2 bridgehead atoms. The Kier molecular flexibility index (Phi) is 14.3. The molecule has 0 aromatic heterocycles. The van der Waals surface area contributed by atoms with E-state index in [1.807, 2.05) is 19.1 Å². The van der Waals surface area contributed by atoms with Gasteiger partial charge in [-0.3, -0.25) is 24.0 Å². The number of nitrogens with two attached hydrogens (primary N) is 1. The van der Waals surface area contributed by atoms with Gasteiger partial charge in [0.1, 0.15) is 24.2 Å². The minimum absolute atomic E-state index is 0.0526. The van der Waals surface area contributed by atoms with Gasteiger partial charge in [0, 0.05) is 29.6 Å². The summed E-state index contributed by atoms with van der Waals surface area (Å²) in [5.41, 5.74) is 7.59. The van der Waals surface area contributed by atoms with E-state index < -0.39 is 78.5 Å². The molecule has 2 aromatic rings. The quantitative estimate of drug-likeness (QED) is 0.0806. The van der Waals surface area contributed by atoms with Crippen molar-refractivity contribution in [3.63, 3.8) is 0 Å². The predicted octanol–water partition coefficient (Wildman–Crippen LogP) is 2.08. The Bertz CT molecular complexity index is 1880. The lowest BCUT2D eigenvalue weighted by atomic mass is 9.43. The fourth-order valence-electron chi connectivity index (χ4n) is 9.21. The molecule has 17 heteroatoms. The zero-order valence-electron chi connectivity index (χ0n) is 35.4. The zero-order valence-corrected chi connectivity index (χ0v) is 36.1. The first kappa shape index (κ1) is 45.5. The molecule has 0 spiro atoms. The first-order chi connectivity index (χ1) is 28.4. The highest BCUT2D eigenvalue weighted by atomic mass is 35.5. The SMILES string of the molecule is C[C@H](NC(=O)[C@H](CCCCN)NC(=O)[C@H](C)NC(=O)[C@@H](NC(=O)C(NC(=O)c1ccc(-c2ccc(Cl)cc2)cc1)C1CNC1)[C@@H](C)O)B1O[C@@H]2C[C@@H]3C[C@@H](C3(C)C)[C@]2(C)O1. The fourth-order valence-corrected chi connectivity index (χ4v) is 9.33. The van der Waals surface area contributed by atoms with Crippen LogP contribution in [0.15, 0.2) is 48.5 Å². The Balaban J connectivity index is 1.04. The Hall–Kier alpha value is -4.06. The van der Waals surface area contributed by atoms with Gasteiger partial charge >= 0.3 is 7.12 Å². The van der Waals surface area contributed by atoms with Gasteiger partial charge in [-0.05, 0) is 119 Å². The smallest absolute Gasteiger partial charge is 0.404 e. The molecule has 326 valence electrons. The summed E-state index contributed by atoms with van der Waals surface area (Å²) in [6, 6.07) is 9.64. The minimum Gasteiger partial charge on any atom is -0.404 e. The molecule has 3 saturated carbocycles. The Labute approximate surface area is 357 Å². The third kappa shape index (κ3) is 9.84. The normalized spacial score (nSPS) is 25.8. The lowest BCUT2D eigenvalue weighted by Crippen LogP contribution is -2.65. The molecule has 9 N–H and O–H groups in total. The molecule has 10 atom stereocenters. The van der Waals surface area contributed by atoms with Gasteiger partial charge in [-0.15, -0.1) is 0 Å². The van der Waals surface area contributed by atoms with Crippen molar-refractivity contribution < 1.29 is 38.4 Å². The Morgan fingerprint density at radius 3 is 2.08 bits per heavy atom. The number of rotatable bonds is 18. The van der Waals surface area contributed by atoms with E-state index in [0.29, 0.717) is 61.3 Å². The summed E-state index contributed by atoms with van der Waals surface area (Å²) in [7, 11) is -0.647. The second kappa shape index (κ2) is 18.9. The Morgan fingerprint density at radius 2 is 1.50 bits per heavy atom. The summed E-state index contributed by atoms with van der Waals surface area (Å²) in [6.45, 7) is 12.6. The number of aliphatic hydroxyl groups excluding tert-OH is 1. The number of hydrogen-bond acceptors (Lipinski definition) is 10. The van der Waals surface area contributed by atoms with Crippen LogP contribution in [0.4, 0.5) is 0 Å². The van der Waals surface area contributed by atoms with Gasteiger partial charge in [-0.2, -0.15) is 0 Å². The van der Waals surface area contributed by atoms with Crippen LogP contribution in [0.3, 0.4) is 0 Å². The van der Waals surface area contributed by atoms with Crippen molar-refractivity contribution >= 4 is 48.3 Å². The minimum atomic E-state index is -1.46. The number of hydrogen-bond donors (Lipinski definition) is 8. The molecule has 60 heavy (non-hydrogen) atoms. The maximum absolute atomic E-state index is 13.7. The number of nitrogens with one attached hydrogen (secondary N) is 6. The summed E-state index contributed by atoms with van der Waals surface area (Å²) < 4.78 is 12.9. The van der Waals surface area contributed by atoms with E-state index in [0.717, 1.165) is 24.0 Å². The van der Waals surface area contributed by atoms with Crippen molar-refractivity contribution in [1.82, 2.24) is 31.9 Å². The highest BCUT2D eigenvalue weighted by Crippen LogP contribution is 2.65. The van der Waals surface area contributed by atoms with Crippen LogP contribution in [0.25, 0.3) is 11.1 Å². The summed E-state index contributed by atoms with van der Waals surface area (Å²) in [5, 5.41) is 28.1. The molecule has 2 saturated heterocycles. The van der Waals surface area contributed by atoms with Gasteiger partial charge in [-0.1, -0.05) is 49.7 Å². The van der Waals surface area contributed by atoms with Gasteiger partial charge in [0.2, 0.25) is 23.6 Å². The molecule has 5 aliphatic rings. The van der Waals surface area contributed by atoms with Crippen LogP contribution in [0.2, 0.25) is 5.02 Å². The number of aliphatic hydroxyl groups is 1. The second-order valence-electron chi connectivity index (χ2n) is 17.9. The van der Waals surface area contributed by atoms with Gasteiger partial charge in [0.25, 0.3) is 5.91 Å². The molecule has 3 aliphatic carbocycles. The van der Waals surface area contributed by atoms with E-state index in [9.17, 15) is 29.1 Å². The molecule has 5 fully saturated rings. The molecule has 2 aliphatic heterocycles. The van der Waals surface area contributed by atoms with Crippen LogP contribution in [0.5, 0.6) is 0 Å². The number of amides is 5. The number of halogens is 1. The summed E-state index contributed by atoms with van der Waals surface area (Å²) in [5.74, 6) is -2.87. The van der Waals surface area contributed by atoms with Gasteiger partial charge in [0.05, 0.1) is 23.8 Å². The number of carbonyl (C=O) groups is 5. The maximum Gasteiger partial charge on any atom is 0.481 e. The van der Waals surface area contributed by atoms with Crippen molar-refractivity contribution in [2.75, 3.05) is 19.6 Å². The third-order valence-corrected chi connectivity index (χ3v) is 13.6. The van der Waals surface area contributed by atoms with E-state index >= 15 is 0 Å². The van der Waals surface area contributed by atoms with Crippen molar-refractivity contribution in [2.45, 2.75) is 122 Å². The lowest BCUT2D eigenvalue weighted by molar-refractivity contribution is -0.199. The van der Waals surface area contributed by atoms with Crippen LogP contribution in [-0.4, -0.2) is 109 Å². The molecule has 0 radical (unpaired) electrons. The molecule has 5 amide bonds. The summed E-state index contributed by atoms with van der Waals surface area (Å²) in [4.78, 5) is 67.8. The predicted molar refractivity (Wildman–Crippen MR) is 228 cm³/mol. The summed E-state index contributed by atoms with van der Waals surface area (Å²) in [6.07, 6.45) is 2.11. The molecule has 2 aromatic carbocycles. The highest BCUT2D eigenvalue weighted by molar-refractivity contribution is 6.47. The molecule has 7 rings (SSSR count). The molecule has 1 unspecified atom stereocenters. The first-order valence-corrected chi connectivity index (χ1v) is 21.6. The number of benzene rings is 2. The van der Waals surface area contributed by atoms with Crippen LogP contribution in [0, 0.1) is 23.2 Å². The van der Waals surface area contributed by atoms with Crippen LogP contribution >= 0.6 is 11.6 Å². The monoisotopic (exact) mass is 849 g/mol. The standard InChI is InChI=1S/C43H61BClN7O8/c1-23(37(54)50-32(9-7-8-18-46)39(56)49-25(3)44-59-34-20-30-19-33(42(30,4)5)43(34,6)60-44)48-40(57)35(24(2)53)51-41(58)36(29-21-47-22-29)52-38(55)28-12-10-26(11-13-28)27-14-16-31(45)17-15-27/h10-17,23-25,29-30,32-36,47,53H,7-9,18-22,46H2,1-6H3,(H,48,57)(H,49,56)(H,50,54)(H,51,58)(H,52,55)/t23-,24+,25-,30-,32-,33-,34+,35-,36?,43-/m0/s1. The fraction of sp³-hybridized carbons (Fsp3) is 0.605. The number of unbranched alkanes of at least 4 members (excludes halogenated alkanes) is 1. The second-order valence-corrected chi connectivity index (χ2v) is 18.3. The van der Waals surface area contributed by atoms with Gasteiger partial charge in [0.15, 0.2) is 0 Å². The molecular formula is C43H61BClN7O8. The van der Waals surface area contributed by atoms with Crippen LogP contribution < -0.4 is 37.6 Å². The van der Waals surface area contributed by atoms with Crippen molar-refractivity contribution in [3.05, 3.63) is 59.1 Å². The van der Waals surface area contributed by atoms with Crippen molar-refractivity contribution in [1.29, 1.82) is 0 Å². The lowest BCUT2D eigenvalue weighted by Gasteiger charge is -2.64. The molecular weight excluding hydrogens is 789 g/mol. The first-order valence-electron chi connectivity index (χ1n) is 21.2. The van der Waals surface area contributed by atoms with Crippen molar-refractivity contribution in [3.8, 4) is 11.1 Å². The highest BCUT2D eigenvalue weighted by Gasteiger charge is 2.68. The van der Waals surface area contributed by atoms with E-state index in [4.69, 9.17) is 26.6 Å². The van der Waals surface area contributed by atoms with Gasteiger partial charge in [-0.25, -0.2) is 0 Å². The average molecular weight is 850 g/mol. The van der Waals surface area contributed by atoms with Crippen LogP contribution in [-0.2, 0) is 28.5 Å². The van der Waals surface area contributed by atoms with Crippen molar-refractivity contribution in [2.24, 2.45) is 28.9 Å². The molecule has 2 heterocycles. The largest absolute Gasteiger partial charge is 0.481 e. The van der Waals surface area contributed by atoms with E-state index in [1.165, 1.54) is 13.8 Å². The third-order valence-electron chi connectivity index (χ3n) is 13.3. The maximum atomic E-state index is 13.7. The zero-order chi connectivity index (χ0) is 43.5. The topological polar surface area (TPSA) is 222 Å². The average Bonchev–Trinajstić information content (AvgIpc) is 3.56. The van der Waals surface area contributed by atoms with E-state index in [1.54, 1.807) is 36.4 Å². The van der Waals surface area contributed by atoms with E-state index in [-0.39, 0.29) is 17.4 Å². The van der Waals surface area contributed by atoms with E-state index in [2.05, 4.69) is 52.7 Å². The van der Waals surface area contributed by atoms with Gasteiger partial charge < -0.3 is 52.0 Å². The summed E-state index contributed by atoms with van der Waals surface area (Å²) >= 11 is 6.02. The van der Waals surface area contributed by atoms with Crippen LogP contribution in [0.1, 0.15) is 84.0 Å².